The van der Waals surface area contributed by atoms with Gasteiger partial charge in [0.15, 0.2) is 6.54 Å². The minimum atomic E-state index is -0.0162. The van der Waals surface area contributed by atoms with E-state index in [4.69, 9.17) is 11.6 Å². The smallest absolute Gasteiger partial charge is 0.279 e. The van der Waals surface area contributed by atoms with Crippen LogP contribution in [0.5, 0.6) is 0 Å². The molecule has 0 spiro atoms. The van der Waals surface area contributed by atoms with Gasteiger partial charge in [-0.25, -0.2) is 0 Å². The zero-order valence-electron chi connectivity index (χ0n) is 14.4. The van der Waals surface area contributed by atoms with Gasteiger partial charge in [0.25, 0.3) is 5.91 Å². The van der Waals surface area contributed by atoms with E-state index in [1.54, 1.807) is 6.07 Å². The Bertz CT molecular complexity index is 902. The maximum Gasteiger partial charge on any atom is 0.279 e. The number of amides is 1. The molecule has 0 heterocycles. The van der Waals surface area contributed by atoms with E-state index in [1.165, 1.54) is 16.3 Å². The second-order valence-electron chi connectivity index (χ2n) is 6.30. The highest BCUT2D eigenvalue weighted by atomic mass is 35.5. The number of aryl methyl sites for hydroxylation is 1. The van der Waals surface area contributed by atoms with Gasteiger partial charge in [-0.3, -0.25) is 4.79 Å². The van der Waals surface area contributed by atoms with Crippen molar-refractivity contribution in [3.63, 3.8) is 0 Å². The van der Waals surface area contributed by atoms with E-state index in [2.05, 4.69) is 54.0 Å². The molecule has 0 unspecified atom stereocenters. The maximum absolute atomic E-state index is 12.3. The van der Waals surface area contributed by atoms with Crippen LogP contribution in [0.3, 0.4) is 0 Å². The molecule has 4 heteroatoms. The first kappa shape index (κ1) is 17.5. The number of fused-ring (bicyclic) bond motifs is 1. The number of halogens is 1. The zero-order chi connectivity index (χ0) is 17.8. The van der Waals surface area contributed by atoms with E-state index in [-0.39, 0.29) is 11.9 Å². The van der Waals surface area contributed by atoms with Gasteiger partial charge in [0, 0.05) is 16.3 Å². The predicted molar refractivity (Wildman–Crippen MR) is 104 cm³/mol. The Morgan fingerprint density at radius 1 is 1.12 bits per heavy atom. The molecule has 1 amide bonds. The Hall–Kier alpha value is -2.36. The van der Waals surface area contributed by atoms with Crippen molar-refractivity contribution in [2.75, 3.05) is 11.9 Å². The highest BCUT2D eigenvalue weighted by molar-refractivity contribution is 6.30. The van der Waals surface area contributed by atoms with Gasteiger partial charge < -0.3 is 10.6 Å². The SMILES string of the molecule is Cc1cc(Cl)ccc1NC(=O)C[NH2+][C@@H](C)c1cccc2ccccc12. The van der Waals surface area contributed by atoms with Crippen molar-refractivity contribution in [1.29, 1.82) is 0 Å². The molecule has 0 saturated heterocycles. The lowest BCUT2D eigenvalue weighted by Gasteiger charge is -2.14. The number of anilines is 1. The van der Waals surface area contributed by atoms with Crippen molar-refractivity contribution < 1.29 is 10.1 Å². The van der Waals surface area contributed by atoms with E-state index in [9.17, 15) is 4.79 Å². The molecule has 1 atom stereocenters. The number of hydrogen-bond acceptors (Lipinski definition) is 1. The van der Waals surface area contributed by atoms with Gasteiger partial charge in [-0.1, -0.05) is 54.1 Å². The predicted octanol–water partition coefficient (Wildman–Crippen LogP) is 4.06. The van der Waals surface area contributed by atoms with Crippen molar-refractivity contribution in [3.05, 3.63) is 76.8 Å². The van der Waals surface area contributed by atoms with Gasteiger partial charge in [-0.2, -0.15) is 0 Å². The van der Waals surface area contributed by atoms with Gasteiger partial charge in [-0.05, 0) is 48.4 Å². The highest BCUT2D eigenvalue weighted by Gasteiger charge is 2.14. The van der Waals surface area contributed by atoms with Crippen molar-refractivity contribution in [2.45, 2.75) is 19.9 Å². The van der Waals surface area contributed by atoms with Gasteiger partial charge in [0.1, 0.15) is 6.04 Å². The number of quaternary nitrogens is 1. The first-order valence-electron chi connectivity index (χ1n) is 8.41. The van der Waals surface area contributed by atoms with Gasteiger partial charge >= 0.3 is 0 Å². The topological polar surface area (TPSA) is 45.7 Å². The molecule has 128 valence electrons. The van der Waals surface area contributed by atoms with Gasteiger partial charge in [-0.15, -0.1) is 0 Å². The molecule has 3 rings (SSSR count). The lowest BCUT2D eigenvalue weighted by molar-refractivity contribution is -0.682. The normalized spacial score (nSPS) is 12.1. The third kappa shape index (κ3) is 4.19. The van der Waals surface area contributed by atoms with Crippen LogP contribution in [0.2, 0.25) is 5.02 Å². The first-order chi connectivity index (χ1) is 12.0. The summed E-state index contributed by atoms with van der Waals surface area (Å²) in [4.78, 5) is 12.3. The minimum Gasteiger partial charge on any atom is -0.332 e. The molecular formula is C21H22ClN2O+. The number of nitrogens with one attached hydrogen (secondary N) is 1. The fourth-order valence-corrected chi connectivity index (χ4v) is 3.25. The minimum absolute atomic E-state index is 0.0162. The molecule has 3 aromatic carbocycles. The fraction of sp³-hybridized carbons (Fsp3) is 0.190. The summed E-state index contributed by atoms with van der Waals surface area (Å²) in [5, 5.41) is 8.15. The summed E-state index contributed by atoms with van der Waals surface area (Å²) in [6.45, 7) is 4.43. The number of benzene rings is 3. The number of hydrogen-bond donors (Lipinski definition) is 2. The molecule has 3 nitrogen and oxygen atoms in total. The third-order valence-electron chi connectivity index (χ3n) is 4.43. The Morgan fingerprint density at radius 3 is 2.68 bits per heavy atom. The summed E-state index contributed by atoms with van der Waals surface area (Å²) in [6.07, 6.45) is 0. The van der Waals surface area contributed by atoms with Crippen LogP contribution >= 0.6 is 11.6 Å². The molecule has 0 aromatic heterocycles. The molecule has 0 bridgehead atoms. The molecule has 0 fully saturated rings. The molecule has 0 aliphatic carbocycles. The summed E-state index contributed by atoms with van der Waals surface area (Å²) < 4.78 is 0. The summed E-state index contributed by atoms with van der Waals surface area (Å²) in [7, 11) is 0. The molecule has 0 radical (unpaired) electrons. The Balaban J connectivity index is 1.65. The lowest BCUT2D eigenvalue weighted by atomic mass is 10.00. The lowest BCUT2D eigenvalue weighted by Crippen LogP contribution is -2.86. The molecule has 25 heavy (non-hydrogen) atoms. The monoisotopic (exact) mass is 353 g/mol. The molecule has 3 N–H and O–H groups in total. The van der Waals surface area contributed by atoms with Crippen LogP contribution in [0, 0.1) is 6.92 Å². The Labute approximate surface area is 153 Å². The molecular weight excluding hydrogens is 332 g/mol. The highest BCUT2D eigenvalue weighted by Crippen LogP contribution is 2.22. The summed E-state index contributed by atoms with van der Waals surface area (Å²) >= 11 is 5.95. The molecule has 0 aliphatic rings. The summed E-state index contributed by atoms with van der Waals surface area (Å²) in [5.74, 6) is -0.0162. The van der Waals surface area contributed by atoms with Gasteiger partial charge in [0.2, 0.25) is 0 Å². The van der Waals surface area contributed by atoms with Crippen molar-refractivity contribution in [3.8, 4) is 0 Å². The largest absolute Gasteiger partial charge is 0.332 e. The second-order valence-corrected chi connectivity index (χ2v) is 6.74. The van der Waals surface area contributed by atoms with Crippen LogP contribution in [0.1, 0.15) is 24.1 Å². The second kappa shape index (κ2) is 7.68. The van der Waals surface area contributed by atoms with Crippen LogP contribution < -0.4 is 10.6 Å². The van der Waals surface area contributed by atoms with Gasteiger partial charge in [0.05, 0.1) is 0 Å². The number of carbonyl (C=O) groups excluding carboxylic acids is 1. The number of rotatable bonds is 5. The quantitative estimate of drug-likeness (QED) is 0.713. The van der Waals surface area contributed by atoms with Crippen LogP contribution in [0.4, 0.5) is 5.69 Å². The Kier molecular flexibility index (Phi) is 5.37. The van der Waals surface area contributed by atoms with Crippen LogP contribution in [0.25, 0.3) is 10.8 Å². The maximum atomic E-state index is 12.3. The van der Waals surface area contributed by atoms with E-state index in [1.807, 2.05) is 25.1 Å². The Morgan fingerprint density at radius 2 is 1.88 bits per heavy atom. The standard InChI is InChI=1S/C21H21ClN2O/c1-14-12-17(22)10-11-20(14)24-21(25)13-23-15(2)18-9-5-7-16-6-3-4-8-19(16)18/h3-12,15,23H,13H2,1-2H3,(H,24,25)/p+1/t15-/m0/s1. The van der Waals surface area contributed by atoms with E-state index >= 15 is 0 Å². The fourth-order valence-electron chi connectivity index (χ4n) is 3.03. The molecule has 3 aromatic rings. The molecule has 0 aliphatic heterocycles. The van der Waals surface area contributed by atoms with E-state index in [0.717, 1.165) is 11.3 Å². The van der Waals surface area contributed by atoms with E-state index < -0.39 is 0 Å². The summed E-state index contributed by atoms with van der Waals surface area (Å²) in [6, 6.07) is 20.3. The average molecular weight is 354 g/mol. The van der Waals surface area contributed by atoms with Crippen LogP contribution in [-0.4, -0.2) is 12.5 Å². The summed E-state index contributed by atoms with van der Waals surface area (Å²) in [5.41, 5.74) is 3.01. The molecule has 0 saturated carbocycles. The van der Waals surface area contributed by atoms with E-state index in [0.29, 0.717) is 11.6 Å². The first-order valence-corrected chi connectivity index (χ1v) is 8.79. The third-order valence-corrected chi connectivity index (χ3v) is 4.67. The van der Waals surface area contributed by atoms with Crippen molar-refractivity contribution >= 4 is 34.0 Å². The van der Waals surface area contributed by atoms with Crippen molar-refractivity contribution in [1.82, 2.24) is 0 Å². The van der Waals surface area contributed by atoms with Crippen molar-refractivity contribution in [2.24, 2.45) is 0 Å². The van der Waals surface area contributed by atoms with Crippen LogP contribution in [-0.2, 0) is 4.79 Å². The average Bonchev–Trinajstić information content (AvgIpc) is 2.61. The zero-order valence-corrected chi connectivity index (χ0v) is 15.2. The number of nitrogens with two attached hydrogens (primary N) is 1. The number of carbonyl (C=O) groups is 1. The van der Waals surface area contributed by atoms with Crippen LogP contribution in [0.15, 0.2) is 60.7 Å².